The van der Waals surface area contributed by atoms with Crippen molar-refractivity contribution in [1.29, 1.82) is 0 Å². The van der Waals surface area contributed by atoms with Crippen LogP contribution < -0.4 is 33.5 Å². The van der Waals surface area contributed by atoms with Gasteiger partial charge in [-0.05, 0) is 50.9 Å². The van der Waals surface area contributed by atoms with E-state index in [4.69, 9.17) is 11.5 Å². The van der Waals surface area contributed by atoms with E-state index in [1.54, 1.807) is 0 Å². The quantitative estimate of drug-likeness (QED) is 0.227. The van der Waals surface area contributed by atoms with E-state index in [1.807, 2.05) is 18.1 Å². The van der Waals surface area contributed by atoms with Gasteiger partial charge in [0.25, 0.3) is 11.1 Å². The smallest absolute Gasteiger partial charge is 0.336 e. The van der Waals surface area contributed by atoms with Gasteiger partial charge in [-0.15, -0.1) is 0 Å². The number of nitrogens with zero attached hydrogens (tertiary/aromatic N) is 5. The van der Waals surface area contributed by atoms with Crippen molar-refractivity contribution in [3.63, 3.8) is 0 Å². The molecule has 0 bridgehead atoms. The summed E-state index contributed by atoms with van der Waals surface area (Å²) in [6, 6.07) is 2.75. The molecule has 0 aromatic carbocycles. The third kappa shape index (κ3) is 12.1. The molecule has 6 rings (SSSR count). The van der Waals surface area contributed by atoms with Gasteiger partial charge in [-0.25, -0.2) is 13.2 Å². The van der Waals surface area contributed by atoms with E-state index >= 15 is 0 Å². The van der Waals surface area contributed by atoms with Crippen LogP contribution in [0.4, 0.5) is 30.2 Å². The first kappa shape index (κ1) is 39.9. The fourth-order valence-corrected chi connectivity index (χ4v) is 5.35. The number of nitrogens with one attached hydrogen (secondary N) is 2. The molecule has 14 nitrogen and oxygen atoms in total. The molecule has 6 N–H and O–H groups in total. The summed E-state index contributed by atoms with van der Waals surface area (Å²) in [5.41, 5.74) is 9.29. The minimum atomic E-state index is -0.943. The normalized spacial score (nSPS) is 16.7. The third-order valence-electron chi connectivity index (χ3n) is 7.85. The maximum atomic E-state index is 13.2. The van der Waals surface area contributed by atoms with E-state index in [0.717, 1.165) is 76.0 Å². The van der Waals surface area contributed by atoms with Gasteiger partial charge in [0.1, 0.15) is 28.8 Å². The summed E-state index contributed by atoms with van der Waals surface area (Å²) in [4.78, 5) is 49.3. The largest absolute Gasteiger partial charge is 0.394 e. The number of nitro groups is 1. The highest BCUT2D eigenvalue weighted by Gasteiger charge is 2.18. The van der Waals surface area contributed by atoms with Crippen molar-refractivity contribution in [2.24, 2.45) is 0 Å². The highest BCUT2D eigenvalue weighted by molar-refractivity contribution is 9.11. The summed E-state index contributed by atoms with van der Waals surface area (Å²) in [6.07, 6.45) is 10.9. The van der Waals surface area contributed by atoms with Crippen molar-refractivity contribution < 1.29 is 18.1 Å². The molecule has 0 atom stereocenters. The van der Waals surface area contributed by atoms with Crippen LogP contribution in [0, 0.1) is 27.6 Å². The second-order valence-corrected chi connectivity index (χ2v) is 12.8. The number of anilines is 2. The van der Waals surface area contributed by atoms with Crippen LogP contribution in [0.3, 0.4) is 0 Å². The molecule has 0 saturated carbocycles. The van der Waals surface area contributed by atoms with Crippen molar-refractivity contribution in [2.75, 3.05) is 64.8 Å². The lowest BCUT2D eigenvalue weighted by atomic mass is 10.1. The van der Waals surface area contributed by atoms with Gasteiger partial charge in [0, 0.05) is 75.1 Å². The van der Waals surface area contributed by atoms with Gasteiger partial charge in [-0.3, -0.25) is 29.1 Å². The van der Waals surface area contributed by atoms with Crippen molar-refractivity contribution in [2.45, 2.75) is 31.7 Å². The molecule has 1 fully saturated rings. The first-order chi connectivity index (χ1) is 23.7. The van der Waals surface area contributed by atoms with E-state index in [9.17, 15) is 37.7 Å². The summed E-state index contributed by atoms with van der Waals surface area (Å²) in [5, 5.41) is 13.2. The predicted octanol–water partition coefficient (Wildman–Crippen LogP) is 3.26. The van der Waals surface area contributed by atoms with E-state index in [1.165, 1.54) is 39.0 Å². The predicted molar refractivity (Wildman–Crippen MR) is 190 cm³/mol. The van der Waals surface area contributed by atoms with Crippen molar-refractivity contribution in [3.8, 4) is 0 Å². The van der Waals surface area contributed by atoms with Crippen molar-refractivity contribution in [3.05, 3.63) is 112 Å². The van der Waals surface area contributed by atoms with Crippen LogP contribution in [-0.2, 0) is 0 Å². The Labute approximate surface area is 294 Å². The molecular weight excluding hydrogens is 727 g/mol. The topological polar surface area (TPSA) is 191 Å². The molecular formula is C32H41BrF3N9O5. The number of hydrogen-bond acceptors (Lipinski definition) is 10. The Bertz CT molecular complexity index is 1870. The zero-order valence-electron chi connectivity index (χ0n) is 27.7. The minimum absolute atomic E-state index is 0.0199. The number of H-pyrrole nitrogens is 1. The van der Waals surface area contributed by atoms with Gasteiger partial charge in [-0.2, -0.15) is 0 Å². The number of aromatic amines is 1. The lowest BCUT2D eigenvalue weighted by molar-refractivity contribution is -0.386. The SMILES string of the molecule is CN1CC=C(Br)CC1.CN1CC=C(n2cc(F)cc(N)c2=O)CC1.Nc1cc(F)cn(C2CCNCC2)c1=O.O=c1[nH]cc(F)cc1[N+](=O)[O-]. The van der Waals surface area contributed by atoms with Crippen LogP contribution in [0.2, 0.25) is 0 Å². The van der Waals surface area contributed by atoms with Gasteiger partial charge in [-0.1, -0.05) is 28.1 Å². The molecule has 1 saturated heterocycles. The number of nitrogen functional groups attached to an aromatic ring is 2. The standard InChI is InChI=1S/C11H14FN3O.C10H14FN3O.C6H10BrN.C5H3FN2O3/c1-14-4-2-9(3-5-14)15-7-8(12)6-10(13)11(15)16;11-7-5-9(12)10(15)14(6-7)8-1-3-13-4-2-8;1-8-4-2-6(7)3-5-8;6-3-1-4(8(10)11)5(9)7-2-3/h2,6-7H,3-5,13H2,1H3;5-6,8,13H,1-4,12H2;2H,3-5H2,1H3;1-2H,(H,7,9). The summed E-state index contributed by atoms with van der Waals surface area (Å²) in [7, 11) is 4.13. The third-order valence-corrected chi connectivity index (χ3v) is 8.57. The Morgan fingerprint density at radius 2 is 1.44 bits per heavy atom. The number of pyridine rings is 3. The summed E-state index contributed by atoms with van der Waals surface area (Å²) in [6.45, 7) is 5.62. The molecule has 50 heavy (non-hydrogen) atoms. The van der Waals surface area contributed by atoms with Crippen molar-refractivity contribution in [1.82, 2.24) is 29.2 Å². The lowest BCUT2D eigenvalue weighted by Crippen LogP contribution is -2.34. The van der Waals surface area contributed by atoms with E-state index in [-0.39, 0.29) is 28.5 Å². The second-order valence-electron chi connectivity index (χ2n) is 11.8. The highest BCUT2D eigenvalue weighted by Crippen LogP contribution is 2.18. The number of hydrogen-bond donors (Lipinski definition) is 4. The zero-order chi connectivity index (χ0) is 37.0. The van der Waals surface area contributed by atoms with Crippen LogP contribution in [0.15, 0.2) is 67.8 Å². The van der Waals surface area contributed by atoms with Gasteiger partial charge in [0.2, 0.25) is 0 Å². The van der Waals surface area contributed by atoms with Crippen LogP contribution >= 0.6 is 15.9 Å². The molecule has 0 amide bonds. The number of aromatic nitrogens is 3. The second kappa shape index (κ2) is 19.0. The van der Waals surface area contributed by atoms with Crippen LogP contribution in [0.1, 0.15) is 31.7 Å². The molecule has 6 heterocycles. The first-order valence-corrected chi connectivity index (χ1v) is 16.4. The van der Waals surface area contributed by atoms with Gasteiger partial charge < -0.3 is 36.1 Å². The van der Waals surface area contributed by atoms with Gasteiger partial charge >= 0.3 is 11.2 Å². The first-order valence-electron chi connectivity index (χ1n) is 15.7. The summed E-state index contributed by atoms with van der Waals surface area (Å²) < 4.78 is 42.6. The minimum Gasteiger partial charge on any atom is -0.394 e. The Morgan fingerprint density at radius 3 is 1.96 bits per heavy atom. The molecule has 0 radical (unpaired) electrons. The molecule has 3 aliphatic rings. The molecule has 0 spiro atoms. The Hall–Kier alpha value is -4.52. The lowest BCUT2D eigenvalue weighted by Gasteiger charge is -2.24. The fraction of sp³-hybridized carbons (Fsp3) is 0.406. The Kier molecular flexibility index (Phi) is 15.2. The molecule has 0 aliphatic carbocycles. The average molecular weight is 769 g/mol. The van der Waals surface area contributed by atoms with E-state index in [0.29, 0.717) is 6.07 Å². The maximum Gasteiger partial charge on any atom is 0.336 e. The number of piperidine rings is 1. The van der Waals surface area contributed by atoms with Crippen LogP contribution in [-0.4, -0.2) is 82.2 Å². The number of halogens is 4. The molecule has 3 aliphatic heterocycles. The average Bonchev–Trinajstić information content (AvgIpc) is 3.08. The highest BCUT2D eigenvalue weighted by atomic mass is 79.9. The molecule has 18 heteroatoms. The van der Waals surface area contributed by atoms with Crippen molar-refractivity contribution >= 4 is 38.7 Å². The maximum absolute atomic E-state index is 13.2. The Balaban J connectivity index is 0.000000186. The molecule has 0 unspecified atom stereocenters. The molecule has 272 valence electrons. The number of nitrogens with two attached hydrogens (primary N) is 2. The zero-order valence-corrected chi connectivity index (χ0v) is 29.3. The Morgan fingerprint density at radius 1 is 0.860 bits per heavy atom. The number of rotatable bonds is 3. The van der Waals surface area contributed by atoms with E-state index < -0.39 is 33.6 Å². The van der Waals surface area contributed by atoms with Crippen LogP contribution in [0.25, 0.3) is 5.70 Å². The van der Waals surface area contributed by atoms with Gasteiger partial charge in [0.15, 0.2) is 0 Å². The molecule has 3 aromatic rings. The van der Waals surface area contributed by atoms with E-state index in [2.05, 4.69) is 44.2 Å². The summed E-state index contributed by atoms with van der Waals surface area (Å²) in [5.74, 6) is -1.78. The van der Waals surface area contributed by atoms with Gasteiger partial charge in [0.05, 0.1) is 11.0 Å². The summed E-state index contributed by atoms with van der Waals surface area (Å²) >= 11 is 3.45. The fourth-order valence-electron chi connectivity index (χ4n) is 5.03. The number of likely N-dealkylation sites (N-methyl/N-ethyl adjacent to an activating group) is 2. The monoisotopic (exact) mass is 767 g/mol. The van der Waals surface area contributed by atoms with Crippen LogP contribution in [0.5, 0.6) is 0 Å². The molecule has 3 aromatic heterocycles.